The number of carboxylic acid groups (broad SMARTS) is 1. The summed E-state index contributed by atoms with van der Waals surface area (Å²) in [6.07, 6.45) is 29.3. The number of esters is 1. The zero-order chi connectivity index (χ0) is 29.0. The van der Waals surface area contributed by atoms with Crippen LogP contribution in [0.25, 0.3) is 0 Å². The third kappa shape index (κ3) is 26.6. The van der Waals surface area contributed by atoms with Gasteiger partial charge >= 0.3 is 11.9 Å². The van der Waals surface area contributed by atoms with E-state index in [9.17, 15) is 14.7 Å². The number of hydrogen-bond acceptors (Lipinski definition) is 4. The van der Waals surface area contributed by atoms with Crippen LogP contribution < -0.4 is 0 Å². The Balaban J connectivity index is 4.31. The van der Waals surface area contributed by atoms with Crippen LogP contribution in [0.15, 0.2) is 12.2 Å². The van der Waals surface area contributed by atoms with Crippen LogP contribution in [-0.4, -0.2) is 48.7 Å². The Hall–Kier alpha value is -1.36. The van der Waals surface area contributed by atoms with E-state index in [2.05, 4.69) is 30.9 Å². The fourth-order valence-electron chi connectivity index (χ4n) is 5.08. The minimum absolute atomic E-state index is 0.00711. The summed E-state index contributed by atoms with van der Waals surface area (Å²) in [6.45, 7) is 5.38. The largest absolute Gasteiger partial charge is 0.481 e. The molecule has 0 aliphatic carbocycles. The normalized spacial score (nSPS) is 13.3. The van der Waals surface area contributed by atoms with Crippen LogP contribution in [0.4, 0.5) is 0 Å². The van der Waals surface area contributed by atoms with Crippen molar-refractivity contribution >= 4 is 11.9 Å². The molecule has 230 valence electrons. The standard InChI is InChI=1S/C34H65NO4/c1-5-7-9-11-13-14-16-17-20-25-31(34(37)38)26-21-19-23-28-32(27-22-18-15-12-10-8-6-2)39-33(36)29-24-30-35(3)4/h17,20,31-32H,5-16,18-19,21-30H2,1-4H3,(H,37,38). The van der Waals surface area contributed by atoms with Gasteiger partial charge in [-0.15, -0.1) is 0 Å². The summed E-state index contributed by atoms with van der Waals surface area (Å²) in [6, 6.07) is 0. The minimum Gasteiger partial charge on any atom is -0.481 e. The SMILES string of the molecule is CCCCCCCCC=CCC(CCCCCC(CCCCCCCCC)OC(=O)CCCN(C)C)C(=O)O. The predicted octanol–water partition coefficient (Wildman–Crippen LogP) is 9.73. The van der Waals surface area contributed by atoms with Gasteiger partial charge in [-0.25, -0.2) is 0 Å². The van der Waals surface area contributed by atoms with Crippen molar-refractivity contribution < 1.29 is 19.4 Å². The average molecular weight is 552 g/mol. The molecule has 0 amide bonds. The Morgan fingerprint density at radius 2 is 1.21 bits per heavy atom. The molecule has 5 nitrogen and oxygen atoms in total. The van der Waals surface area contributed by atoms with E-state index in [4.69, 9.17) is 4.74 Å². The van der Waals surface area contributed by atoms with Crippen LogP contribution in [0.5, 0.6) is 0 Å². The van der Waals surface area contributed by atoms with Gasteiger partial charge in [0.2, 0.25) is 0 Å². The molecule has 0 radical (unpaired) electrons. The van der Waals surface area contributed by atoms with Crippen LogP contribution in [0.2, 0.25) is 0 Å². The monoisotopic (exact) mass is 551 g/mol. The molecule has 0 spiro atoms. The minimum atomic E-state index is -0.678. The van der Waals surface area contributed by atoms with Gasteiger partial charge in [-0.3, -0.25) is 9.59 Å². The van der Waals surface area contributed by atoms with Gasteiger partial charge in [-0.2, -0.15) is 0 Å². The highest BCUT2D eigenvalue weighted by molar-refractivity contribution is 5.70. The van der Waals surface area contributed by atoms with Crippen molar-refractivity contribution in [3.8, 4) is 0 Å². The number of carbonyl (C=O) groups excluding carboxylic acids is 1. The van der Waals surface area contributed by atoms with Gasteiger partial charge in [0.15, 0.2) is 0 Å². The number of carboxylic acids is 1. The molecule has 0 fully saturated rings. The Morgan fingerprint density at radius 3 is 1.77 bits per heavy atom. The van der Waals surface area contributed by atoms with E-state index in [-0.39, 0.29) is 18.0 Å². The molecular formula is C34H65NO4. The molecule has 2 atom stereocenters. The highest BCUT2D eigenvalue weighted by atomic mass is 16.5. The molecule has 0 saturated heterocycles. The number of rotatable bonds is 29. The molecule has 0 aliphatic rings. The van der Waals surface area contributed by atoms with Gasteiger partial charge in [0.05, 0.1) is 5.92 Å². The molecular weight excluding hydrogens is 486 g/mol. The smallest absolute Gasteiger partial charge is 0.306 e. The van der Waals surface area contributed by atoms with Crippen LogP contribution in [-0.2, 0) is 14.3 Å². The van der Waals surface area contributed by atoms with Crippen molar-refractivity contribution in [2.45, 2.75) is 168 Å². The predicted molar refractivity (Wildman–Crippen MR) is 166 cm³/mol. The Labute approximate surface area is 242 Å². The van der Waals surface area contributed by atoms with Crippen LogP contribution in [0.1, 0.15) is 162 Å². The first kappa shape index (κ1) is 37.6. The molecule has 0 saturated carbocycles. The van der Waals surface area contributed by atoms with Crippen molar-refractivity contribution in [2.75, 3.05) is 20.6 Å². The molecule has 0 aliphatic heterocycles. The second-order valence-electron chi connectivity index (χ2n) is 11.9. The number of hydrogen-bond donors (Lipinski definition) is 1. The van der Waals surface area contributed by atoms with Crippen LogP contribution in [0.3, 0.4) is 0 Å². The molecule has 0 heterocycles. The van der Waals surface area contributed by atoms with Crippen molar-refractivity contribution in [3.05, 3.63) is 12.2 Å². The first-order valence-corrected chi connectivity index (χ1v) is 16.6. The lowest BCUT2D eigenvalue weighted by atomic mass is 9.96. The number of unbranched alkanes of at least 4 members (excludes halogenated alkanes) is 14. The summed E-state index contributed by atoms with van der Waals surface area (Å²) in [5.74, 6) is -1.03. The van der Waals surface area contributed by atoms with E-state index < -0.39 is 5.97 Å². The first-order chi connectivity index (χ1) is 18.9. The quantitative estimate of drug-likeness (QED) is 0.0569. The van der Waals surface area contributed by atoms with Gasteiger partial charge in [0.25, 0.3) is 0 Å². The zero-order valence-corrected chi connectivity index (χ0v) is 26.4. The maximum atomic E-state index is 12.4. The average Bonchev–Trinajstić information content (AvgIpc) is 2.89. The third-order valence-electron chi connectivity index (χ3n) is 7.65. The fraction of sp³-hybridized carbons (Fsp3) is 0.882. The molecule has 5 heteroatoms. The Kier molecular flexibility index (Phi) is 27.2. The maximum Gasteiger partial charge on any atom is 0.306 e. The fourth-order valence-corrected chi connectivity index (χ4v) is 5.08. The third-order valence-corrected chi connectivity index (χ3v) is 7.65. The number of aliphatic carboxylic acids is 1. The highest BCUT2D eigenvalue weighted by Gasteiger charge is 2.17. The van der Waals surface area contributed by atoms with E-state index in [1.165, 1.54) is 77.0 Å². The van der Waals surface area contributed by atoms with Gasteiger partial charge in [-0.1, -0.05) is 109 Å². The first-order valence-electron chi connectivity index (χ1n) is 16.6. The molecule has 39 heavy (non-hydrogen) atoms. The number of carbonyl (C=O) groups is 2. The van der Waals surface area contributed by atoms with Gasteiger partial charge in [0, 0.05) is 6.42 Å². The zero-order valence-electron chi connectivity index (χ0n) is 26.4. The summed E-state index contributed by atoms with van der Waals surface area (Å²) in [5, 5.41) is 9.64. The molecule has 2 unspecified atom stereocenters. The highest BCUT2D eigenvalue weighted by Crippen LogP contribution is 2.20. The van der Waals surface area contributed by atoms with E-state index in [1.807, 2.05) is 14.1 Å². The van der Waals surface area contributed by atoms with Gasteiger partial charge < -0.3 is 14.7 Å². The number of ether oxygens (including phenoxy) is 1. The summed E-state index contributed by atoms with van der Waals surface area (Å²) in [5.41, 5.74) is 0. The summed E-state index contributed by atoms with van der Waals surface area (Å²) >= 11 is 0. The lowest BCUT2D eigenvalue weighted by Gasteiger charge is -2.19. The Morgan fingerprint density at radius 1 is 0.692 bits per heavy atom. The van der Waals surface area contributed by atoms with Crippen LogP contribution >= 0.6 is 0 Å². The molecule has 0 aromatic rings. The maximum absolute atomic E-state index is 12.4. The lowest BCUT2D eigenvalue weighted by molar-refractivity contribution is -0.150. The molecule has 0 aromatic heterocycles. The molecule has 0 bridgehead atoms. The van der Waals surface area contributed by atoms with Gasteiger partial charge in [-0.05, 0) is 78.4 Å². The summed E-state index contributed by atoms with van der Waals surface area (Å²) < 4.78 is 5.90. The van der Waals surface area contributed by atoms with E-state index >= 15 is 0 Å². The van der Waals surface area contributed by atoms with Crippen molar-refractivity contribution in [1.29, 1.82) is 0 Å². The van der Waals surface area contributed by atoms with Crippen molar-refractivity contribution in [1.82, 2.24) is 4.90 Å². The Bertz CT molecular complexity index is 590. The van der Waals surface area contributed by atoms with Crippen molar-refractivity contribution in [3.63, 3.8) is 0 Å². The van der Waals surface area contributed by atoms with E-state index in [1.54, 1.807) is 0 Å². The molecule has 0 aromatic carbocycles. The van der Waals surface area contributed by atoms with Gasteiger partial charge in [0.1, 0.15) is 6.10 Å². The van der Waals surface area contributed by atoms with Crippen molar-refractivity contribution in [2.24, 2.45) is 5.92 Å². The number of allylic oxidation sites excluding steroid dienone is 2. The van der Waals surface area contributed by atoms with E-state index in [0.717, 1.165) is 64.3 Å². The van der Waals surface area contributed by atoms with E-state index in [0.29, 0.717) is 12.8 Å². The molecule has 0 rings (SSSR count). The topological polar surface area (TPSA) is 66.8 Å². The summed E-state index contributed by atoms with van der Waals surface area (Å²) in [7, 11) is 4.05. The number of nitrogens with zero attached hydrogens (tertiary/aromatic N) is 1. The summed E-state index contributed by atoms with van der Waals surface area (Å²) in [4.78, 5) is 26.2. The molecule has 1 N–H and O–H groups in total. The lowest BCUT2D eigenvalue weighted by Crippen LogP contribution is -2.20. The second kappa shape index (κ2) is 28.2. The second-order valence-corrected chi connectivity index (χ2v) is 11.9. The van der Waals surface area contributed by atoms with Crippen LogP contribution in [0, 0.1) is 5.92 Å².